The van der Waals surface area contributed by atoms with Crippen LogP contribution in [-0.4, -0.2) is 9.97 Å². The fourth-order valence-corrected chi connectivity index (χ4v) is 2.72. The van der Waals surface area contributed by atoms with Gasteiger partial charge in [0.2, 0.25) is 0 Å². The highest BCUT2D eigenvalue weighted by molar-refractivity contribution is 14.1. The predicted octanol–water partition coefficient (Wildman–Crippen LogP) is 5.33. The summed E-state index contributed by atoms with van der Waals surface area (Å²) >= 11 is 21.3. The summed E-state index contributed by atoms with van der Waals surface area (Å²) in [5, 5.41) is 1.50. The van der Waals surface area contributed by atoms with Gasteiger partial charge in [0.25, 0.3) is 0 Å². The molecular formula is C11H6Cl3IN2S. The molecule has 0 N–H and O–H groups in total. The lowest BCUT2D eigenvalue weighted by molar-refractivity contribution is 1.02. The molecule has 0 radical (unpaired) electrons. The van der Waals surface area contributed by atoms with Crippen molar-refractivity contribution in [3.05, 3.63) is 49.0 Å². The Morgan fingerprint density at radius 2 is 1.56 bits per heavy atom. The van der Waals surface area contributed by atoms with Gasteiger partial charge in [0, 0.05) is 9.92 Å². The second-order valence-electron chi connectivity index (χ2n) is 3.28. The Bertz CT molecular complexity index is 540. The summed E-state index contributed by atoms with van der Waals surface area (Å²) in [5.74, 6) is 1.23. The second-order valence-corrected chi connectivity index (χ2v) is 6.56. The normalized spacial score (nSPS) is 10.7. The molecule has 0 amide bonds. The lowest BCUT2D eigenvalue weighted by atomic mass is 10.4. The van der Waals surface area contributed by atoms with E-state index >= 15 is 0 Å². The van der Waals surface area contributed by atoms with Crippen molar-refractivity contribution in [2.45, 2.75) is 10.6 Å². The van der Waals surface area contributed by atoms with Crippen LogP contribution in [0.3, 0.4) is 0 Å². The van der Waals surface area contributed by atoms with Gasteiger partial charge in [-0.2, -0.15) is 0 Å². The molecule has 0 saturated heterocycles. The second kappa shape index (κ2) is 6.61. The van der Waals surface area contributed by atoms with E-state index in [0.29, 0.717) is 25.5 Å². The Kier molecular flexibility index (Phi) is 5.38. The molecule has 1 aromatic carbocycles. The fraction of sp³-hybridized carbons (Fsp3) is 0.0909. The Morgan fingerprint density at radius 1 is 1.00 bits per heavy atom. The van der Waals surface area contributed by atoms with Gasteiger partial charge in [0.1, 0.15) is 16.1 Å². The standard InChI is InChI=1S/C11H6Cl3IN2S/c12-6-1-3-7(4-2-6)18-5-8-16-10(13)9(15)11(14)17-8/h1-4H,5H2. The van der Waals surface area contributed by atoms with E-state index in [2.05, 4.69) is 9.97 Å². The molecule has 0 atom stereocenters. The van der Waals surface area contributed by atoms with E-state index in [1.54, 1.807) is 11.8 Å². The molecule has 18 heavy (non-hydrogen) atoms. The minimum atomic E-state index is 0.391. The van der Waals surface area contributed by atoms with Crippen molar-refractivity contribution in [2.24, 2.45) is 0 Å². The van der Waals surface area contributed by atoms with E-state index < -0.39 is 0 Å². The van der Waals surface area contributed by atoms with Gasteiger partial charge in [-0.1, -0.05) is 34.8 Å². The summed E-state index contributed by atoms with van der Waals surface area (Å²) in [6.45, 7) is 0. The first-order valence-electron chi connectivity index (χ1n) is 4.82. The van der Waals surface area contributed by atoms with Gasteiger partial charge >= 0.3 is 0 Å². The van der Waals surface area contributed by atoms with Gasteiger partial charge in [-0.25, -0.2) is 9.97 Å². The SMILES string of the molecule is Clc1ccc(SCc2nc(Cl)c(I)c(Cl)n2)cc1. The molecule has 0 unspecified atom stereocenters. The lowest BCUT2D eigenvalue weighted by Gasteiger charge is -2.04. The van der Waals surface area contributed by atoms with E-state index in [0.717, 1.165) is 9.92 Å². The summed E-state index contributed by atoms with van der Waals surface area (Å²) in [4.78, 5) is 9.45. The maximum absolute atomic E-state index is 5.95. The molecule has 94 valence electrons. The summed E-state index contributed by atoms with van der Waals surface area (Å²) in [7, 11) is 0. The average molecular weight is 432 g/mol. The Hall–Kier alpha value is 0.250. The number of aromatic nitrogens is 2. The highest BCUT2D eigenvalue weighted by atomic mass is 127. The first kappa shape index (κ1) is 14.7. The third-order valence-electron chi connectivity index (χ3n) is 2.00. The molecule has 2 rings (SSSR count). The predicted molar refractivity (Wildman–Crippen MR) is 85.8 cm³/mol. The average Bonchev–Trinajstić information content (AvgIpc) is 2.35. The molecule has 7 heteroatoms. The first-order chi connectivity index (χ1) is 8.56. The molecule has 0 aliphatic heterocycles. The van der Waals surface area contributed by atoms with Gasteiger partial charge in [-0.05, 0) is 46.9 Å². The van der Waals surface area contributed by atoms with Crippen LogP contribution in [0.15, 0.2) is 29.2 Å². The molecule has 1 aromatic heterocycles. The zero-order valence-electron chi connectivity index (χ0n) is 8.83. The highest BCUT2D eigenvalue weighted by Gasteiger charge is 2.09. The van der Waals surface area contributed by atoms with Gasteiger partial charge < -0.3 is 0 Å². The van der Waals surface area contributed by atoms with E-state index in [1.165, 1.54) is 0 Å². The van der Waals surface area contributed by atoms with Crippen LogP contribution < -0.4 is 0 Å². The van der Waals surface area contributed by atoms with Crippen molar-refractivity contribution >= 4 is 69.2 Å². The van der Waals surface area contributed by atoms with Crippen LogP contribution in [0.25, 0.3) is 0 Å². The lowest BCUT2D eigenvalue weighted by Crippen LogP contribution is -1.96. The van der Waals surface area contributed by atoms with Crippen LogP contribution in [0, 0.1) is 3.57 Å². The number of nitrogens with zero attached hydrogens (tertiary/aromatic N) is 2. The molecular weight excluding hydrogens is 425 g/mol. The third kappa shape index (κ3) is 3.87. The maximum Gasteiger partial charge on any atom is 0.147 e. The number of benzene rings is 1. The first-order valence-corrected chi connectivity index (χ1v) is 8.02. The molecule has 2 aromatic rings. The van der Waals surface area contributed by atoms with Gasteiger partial charge in [0.15, 0.2) is 0 Å². The van der Waals surface area contributed by atoms with E-state index in [9.17, 15) is 0 Å². The molecule has 0 saturated carbocycles. The van der Waals surface area contributed by atoms with Gasteiger partial charge in [0.05, 0.1) is 9.32 Å². The molecule has 2 nitrogen and oxygen atoms in total. The van der Waals surface area contributed by atoms with Crippen molar-refractivity contribution in [1.82, 2.24) is 9.97 Å². The Morgan fingerprint density at radius 3 is 2.11 bits per heavy atom. The summed E-state index contributed by atoms with van der Waals surface area (Å²) in [6, 6.07) is 7.59. The van der Waals surface area contributed by atoms with Crippen LogP contribution in [0.5, 0.6) is 0 Å². The zero-order chi connectivity index (χ0) is 13.1. The van der Waals surface area contributed by atoms with E-state index in [-0.39, 0.29) is 0 Å². The Balaban J connectivity index is 2.08. The smallest absolute Gasteiger partial charge is 0.147 e. The monoisotopic (exact) mass is 430 g/mol. The van der Waals surface area contributed by atoms with Crippen molar-refractivity contribution in [3.8, 4) is 0 Å². The number of hydrogen-bond donors (Lipinski definition) is 0. The maximum atomic E-state index is 5.95. The fourth-order valence-electron chi connectivity index (χ4n) is 1.18. The summed E-state index contributed by atoms with van der Waals surface area (Å²) in [6.07, 6.45) is 0. The minimum absolute atomic E-state index is 0.391. The molecule has 0 aliphatic rings. The zero-order valence-corrected chi connectivity index (χ0v) is 14.1. The van der Waals surface area contributed by atoms with Crippen LogP contribution in [-0.2, 0) is 5.75 Å². The third-order valence-corrected chi connectivity index (χ3v) is 5.46. The topological polar surface area (TPSA) is 25.8 Å². The van der Waals surface area contributed by atoms with Crippen LogP contribution >= 0.6 is 69.2 Å². The van der Waals surface area contributed by atoms with E-state index in [1.807, 2.05) is 46.9 Å². The van der Waals surface area contributed by atoms with Gasteiger partial charge in [-0.15, -0.1) is 11.8 Å². The molecule has 1 heterocycles. The van der Waals surface area contributed by atoms with E-state index in [4.69, 9.17) is 34.8 Å². The molecule has 0 aliphatic carbocycles. The number of halogens is 4. The number of rotatable bonds is 3. The molecule has 0 fully saturated rings. The highest BCUT2D eigenvalue weighted by Crippen LogP contribution is 2.27. The van der Waals surface area contributed by atoms with Crippen LogP contribution in [0.4, 0.5) is 0 Å². The molecule has 0 spiro atoms. The van der Waals surface area contributed by atoms with Crippen molar-refractivity contribution in [2.75, 3.05) is 0 Å². The largest absolute Gasteiger partial charge is 0.219 e. The van der Waals surface area contributed by atoms with Gasteiger partial charge in [-0.3, -0.25) is 0 Å². The summed E-state index contributed by atoms with van der Waals surface area (Å²) in [5.41, 5.74) is 0. The number of thioether (sulfide) groups is 1. The van der Waals surface area contributed by atoms with Crippen LogP contribution in [0.1, 0.15) is 5.82 Å². The molecule has 0 bridgehead atoms. The summed E-state index contributed by atoms with van der Waals surface area (Å²) < 4.78 is 0.677. The van der Waals surface area contributed by atoms with Crippen LogP contribution in [0.2, 0.25) is 15.3 Å². The Labute approximate surface area is 138 Å². The number of hydrogen-bond acceptors (Lipinski definition) is 3. The van der Waals surface area contributed by atoms with Crippen molar-refractivity contribution in [1.29, 1.82) is 0 Å². The van der Waals surface area contributed by atoms with Crippen molar-refractivity contribution < 1.29 is 0 Å². The quantitative estimate of drug-likeness (QED) is 0.373. The van der Waals surface area contributed by atoms with Crippen molar-refractivity contribution in [3.63, 3.8) is 0 Å². The minimum Gasteiger partial charge on any atom is -0.219 e.